The number of thiophene rings is 1. The minimum Gasteiger partial charge on any atom is -0.455 e. The summed E-state index contributed by atoms with van der Waals surface area (Å²) in [5.74, 6) is 0. The van der Waals surface area contributed by atoms with Gasteiger partial charge in [0, 0.05) is 47.6 Å². The van der Waals surface area contributed by atoms with E-state index in [-0.39, 0.29) is 0 Å². The molecule has 3 heteroatoms. The van der Waals surface area contributed by atoms with Gasteiger partial charge in [0.15, 0.2) is 0 Å². The molecule has 0 aliphatic rings. The van der Waals surface area contributed by atoms with E-state index in [9.17, 15) is 0 Å². The smallest absolute Gasteiger partial charge is 0.143 e. The SMILES string of the molecule is c1ccc(-c2cccc(-c3ccc(N(c4ccccc4-c4cccc5oc6c7ccccc7ccc6c45)c4cccc5sc6ccccc6c45)cc3)c2)cc1. The zero-order valence-electron chi connectivity index (χ0n) is 29.8. The maximum absolute atomic E-state index is 6.67. The highest BCUT2D eigenvalue weighted by Crippen LogP contribution is 2.49. The zero-order valence-corrected chi connectivity index (χ0v) is 30.6. The Kier molecular flexibility index (Phi) is 7.39. The van der Waals surface area contributed by atoms with Gasteiger partial charge < -0.3 is 9.32 Å². The van der Waals surface area contributed by atoms with Gasteiger partial charge in [0.05, 0.1) is 11.4 Å². The van der Waals surface area contributed by atoms with Crippen LogP contribution in [-0.4, -0.2) is 0 Å². The quantitative estimate of drug-likeness (QED) is 0.170. The fraction of sp³-hybridized carbons (Fsp3) is 0. The van der Waals surface area contributed by atoms with E-state index < -0.39 is 0 Å². The summed E-state index contributed by atoms with van der Waals surface area (Å²) in [4.78, 5) is 2.46. The molecule has 0 atom stereocenters. The van der Waals surface area contributed by atoms with Crippen molar-refractivity contribution in [2.75, 3.05) is 4.90 Å². The van der Waals surface area contributed by atoms with Crippen molar-refractivity contribution >= 4 is 81.3 Å². The first kappa shape index (κ1) is 31.6. The number of nitrogens with zero attached hydrogens (tertiary/aromatic N) is 1. The first-order chi connectivity index (χ1) is 27.3. The van der Waals surface area contributed by atoms with Crippen LogP contribution in [0.25, 0.3) is 86.3 Å². The highest BCUT2D eigenvalue weighted by Gasteiger charge is 2.23. The molecule has 0 amide bonds. The van der Waals surface area contributed by atoms with Crippen LogP contribution in [0.3, 0.4) is 0 Å². The largest absolute Gasteiger partial charge is 0.455 e. The summed E-state index contributed by atoms with van der Waals surface area (Å²) >= 11 is 1.85. The van der Waals surface area contributed by atoms with Gasteiger partial charge in [0.25, 0.3) is 0 Å². The molecule has 2 heterocycles. The number of rotatable bonds is 6. The van der Waals surface area contributed by atoms with Crippen molar-refractivity contribution in [2.24, 2.45) is 0 Å². The molecule has 258 valence electrons. The van der Waals surface area contributed by atoms with Gasteiger partial charge in [0.1, 0.15) is 11.2 Å². The van der Waals surface area contributed by atoms with E-state index in [0.717, 1.165) is 55.5 Å². The average molecular weight is 720 g/mol. The number of furan rings is 1. The normalized spacial score (nSPS) is 11.6. The molecule has 9 aromatic carbocycles. The number of fused-ring (bicyclic) bond motifs is 8. The Hall–Kier alpha value is -6.94. The van der Waals surface area contributed by atoms with Crippen LogP contribution in [0.15, 0.2) is 205 Å². The molecule has 0 radical (unpaired) electrons. The highest BCUT2D eigenvalue weighted by atomic mass is 32.1. The van der Waals surface area contributed by atoms with Gasteiger partial charge in [-0.1, -0.05) is 146 Å². The van der Waals surface area contributed by atoms with Crippen molar-refractivity contribution in [1.29, 1.82) is 0 Å². The Balaban J connectivity index is 1.13. The predicted molar refractivity (Wildman–Crippen MR) is 235 cm³/mol. The van der Waals surface area contributed by atoms with E-state index in [2.05, 4.69) is 205 Å². The molecule has 0 bridgehead atoms. The van der Waals surface area contributed by atoms with Gasteiger partial charge in [0.2, 0.25) is 0 Å². The molecular weight excluding hydrogens is 687 g/mol. The minimum absolute atomic E-state index is 0.887. The van der Waals surface area contributed by atoms with Gasteiger partial charge in [-0.15, -0.1) is 11.3 Å². The monoisotopic (exact) mass is 719 g/mol. The van der Waals surface area contributed by atoms with Gasteiger partial charge in [-0.3, -0.25) is 0 Å². The average Bonchev–Trinajstić information content (AvgIpc) is 3.84. The lowest BCUT2D eigenvalue weighted by Crippen LogP contribution is -2.11. The summed E-state index contributed by atoms with van der Waals surface area (Å²) in [5.41, 5.74) is 12.2. The maximum Gasteiger partial charge on any atom is 0.143 e. The molecule has 0 aliphatic heterocycles. The van der Waals surface area contributed by atoms with Crippen molar-refractivity contribution in [3.63, 3.8) is 0 Å². The molecule has 11 rings (SSSR count). The first-order valence-corrected chi connectivity index (χ1v) is 19.5. The van der Waals surface area contributed by atoms with E-state index in [1.54, 1.807) is 0 Å². The molecule has 0 fully saturated rings. The maximum atomic E-state index is 6.67. The fourth-order valence-corrected chi connectivity index (χ4v) is 9.46. The molecule has 11 aromatic rings. The van der Waals surface area contributed by atoms with Crippen LogP contribution in [0.2, 0.25) is 0 Å². The second kappa shape index (κ2) is 12.9. The van der Waals surface area contributed by atoms with Crippen molar-refractivity contribution in [2.45, 2.75) is 0 Å². The highest BCUT2D eigenvalue weighted by molar-refractivity contribution is 7.26. The third kappa shape index (κ3) is 5.24. The summed E-state index contributed by atoms with van der Waals surface area (Å²) in [7, 11) is 0. The Morgan fingerprint density at radius 2 is 1.02 bits per heavy atom. The number of hydrogen-bond donors (Lipinski definition) is 0. The minimum atomic E-state index is 0.887. The second-order valence-electron chi connectivity index (χ2n) is 14.0. The van der Waals surface area contributed by atoms with Crippen molar-refractivity contribution in [3.8, 4) is 33.4 Å². The molecule has 0 aliphatic carbocycles. The van der Waals surface area contributed by atoms with Gasteiger partial charge in [-0.05, 0) is 87.8 Å². The molecule has 0 spiro atoms. The lowest BCUT2D eigenvalue weighted by atomic mass is 9.95. The summed E-state index contributed by atoms with van der Waals surface area (Å²) in [6, 6.07) is 72.2. The number of para-hydroxylation sites is 1. The molecule has 0 saturated carbocycles. The summed E-state index contributed by atoms with van der Waals surface area (Å²) < 4.78 is 9.23. The summed E-state index contributed by atoms with van der Waals surface area (Å²) in [6.45, 7) is 0. The molecular formula is C52H33NOS. The van der Waals surface area contributed by atoms with E-state index in [1.807, 2.05) is 11.3 Å². The summed E-state index contributed by atoms with van der Waals surface area (Å²) in [6.07, 6.45) is 0. The van der Waals surface area contributed by atoms with E-state index >= 15 is 0 Å². The standard InChI is InChI=1S/C52H33NOS/c1-2-13-34(14-3-1)37-16-10-17-38(33-37)35-27-30-39(31-28-35)53(46-23-12-26-49-51(46)43-20-7-9-25-48(43)55-49)45-22-8-6-19-41(45)42-21-11-24-47-50(42)44-32-29-36-15-4-5-18-40(36)52(44)54-47/h1-33H. The fourth-order valence-electron chi connectivity index (χ4n) is 8.34. The molecule has 55 heavy (non-hydrogen) atoms. The molecule has 0 saturated heterocycles. The lowest BCUT2D eigenvalue weighted by Gasteiger charge is -2.29. The number of hydrogen-bond acceptors (Lipinski definition) is 3. The van der Waals surface area contributed by atoms with Gasteiger partial charge in [-0.2, -0.15) is 0 Å². The molecule has 2 nitrogen and oxygen atoms in total. The van der Waals surface area contributed by atoms with Crippen LogP contribution in [-0.2, 0) is 0 Å². The Morgan fingerprint density at radius 3 is 1.89 bits per heavy atom. The van der Waals surface area contributed by atoms with Crippen LogP contribution in [0.1, 0.15) is 0 Å². The van der Waals surface area contributed by atoms with Crippen molar-refractivity contribution in [1.82, 2.24) is 0 Å². The Labute approximate surface area is 322 Å². The summed E-state index contributed by atoms with van der Waals surface area (Å²) in [5, 5.41) is 7.08. The van der Waals surface area contributed by atoms with Crippen LogP contribution >= 0.6 is 11.3 Å². The van der Waals surface area contributed by atoms with E-state index in [1.165, 1.54) is 47.8 Å². The van der Waals surface area contributed by atoms with Crippen LogP contribution in [0.4, 0.5) is 17.1 Å². The third-order valence-corrected chi connectivity index (χ3v) is 12.0. The van der Waals surface area contributed by atoms with Gasteiger partial charge >= 0.3 is 0 Å². The third-order valence-electron chi connectivity index (χ3n) is 10.9. The Bertz CT molecular complexity index is 3210. The van der Waals surface area contributed by atoms with E-state index in [0.29, 0.717) is 0 Å². The Morgan fingerprint density at radius 1 is 0.382 bits per heavy atom. The van der Waals surface area contributed by atoms with Crippen molar-refractivity contribution in [3.05, 3.63) is 200 Å². The van der Waals surface area contributed by atoms with Crippen LogP contribution in [0, 0.1) is 0 Å². The van der Waals surface area contributed by atoms with Crippen LogP contribution in [0.5, 0.6) is 0 Å². The van der Waals surface area contributed by atoms with Crippen LogP contribution < -0.4 is 4.90 Å². The van der Waals surface area contributed by atoms with Crippen molar-refractivity contribution < 1.29 is 4.42 Å². The molecule has 2 aromatic heterocycles. The topological polar surface area (TPSA) is 16.4 Å². The molecule has 0 N–H and O–H groups in total. The number of benzene rings is 9. The van der Waals surface area contributed by atoms with E-state index in [4.69, 9.17) is 4.42 Å². The second-order valence-corrected chi connectivity index (χ2v) is 15.1. The van der Waals surface area contributed by atoms with Gasteiger partial charge in [-0.25, -0.2) is 0 Å². The lowest BCUT2D eigenvalue weighted by molar-refractivity contribution is 0.673. The predicted octanol–water partition coefficient (Wildman–Crippen LogP) is 15.6. The first-order valence-electron chi connectivity index (χ1n) is 18.7. The molecule has 0 unspecified atom stereocenters. The zero-order chi connectivity index (χ0) is 36.3. The number of anilines is 3.